The van der Waals surface area contributed by atoms with E-state index in [2.05, 4.69) is 4.98 Å². The maximum Gasteiger partial charge on any atom is 0.289 e. The van der Waals surface area contributed by atoms with Gasteiger partial charge in [0.2, 0.25) is 5.78 Å². The monoisotopic (exact) mass is 330 g/mol. The quantitative estimate of drug-likeness (QED) is 0.869. The molecule has 24 heavy (non-hydrogen) atoms. The fourth-order valence-electron chi connectivity index (χ4n) is 2.57. The summed E-state index contributed by atoms with van der Waals surface area (Å²) in [5.74, 6) is -1.44. The molecule has 0 bridgehead atoms. The number of Topliss-reactive ketones (excluding diaryl/α,β-unsaturated/α-hetero) is 1. The van der Waals surface area contributed by atoms with Gasteiger partial charge in [-0.05, 0) is 17.7 Å². The minimum atomic E-state index is -0.598. The number of nitrogens with zero attached hydrogens (tertiary/aromatic N) is 2. The lowest BCUT2D eigenvalue weighted by atomic mass is 10.0. The van der Waals surface area contributed by atoms with E-state index in [-0.39, 0.29) is 30.0 Å². The molecule has 0 saturated carbocycles. The molecule has 1 N–H and O–H groups in total. The third-order valence-corrected chi connectivity index (χ3v) is 3.80. The van der Waals surface area contributed by atoms with Gasteiger partial charge in [-0.25, -0.2) is 9.37 Å². The number of halogens is 1. The van der Waals surface area contributed by atoms with Crippen LogP contribution in [0.25, 0.3) is 0 Å². The fraction of sp³-hybridized carbons (Fsp3) is 0.235. The first kappa shape index (κ1) is 15.9. The number of hydrogen-bond acceptors (Lipinski definition) is 5. The van der Waals surface area contributed by atoms with Crippen molar-refractivity contribution in [3.63, 3.8) is 0 Å². The van der Waals surface area contributed by atoms with E-state index in [9.17, 15) is 19.1 Å². The summed E-state index contributed by atoms with van der Waals surface area (Å²) in [7, 11) is 1.49. The summed E-state index contributed by atoms with van der Waals surface area (Å²) in [4.78, 5) is 29.6. The predicted molar refractivity (Wildman–Crippen MR) is 82.1 cm³/mol. The molecule has 0 fully saturated rings. The molecule has 124 valence electrons. The second-order valence-corrected chi connectivity index (χ2v) is 5.63. The highest BCUT2D eigenvalue weighted by molar-refractivity contribution is 6.14. The number of aliphatic hydroxyl groups excluding tert-OH is 1. The smallest absolute Gasteiger partial charge is 0.289 e. The molecule has 0 spiro atoms. The van der Waals surface area contributed by atoms with Gasteiger partial charge >= 0.3 is 0 Å². The number of carbonyl (C=O) groups is 2. The van der Waals surface area contributed by atoms with E-state index >= 15 is 0 Å². The van der Waals surface area contributed by atoms with Gasteiger partial charge in [-0.15, -0.1) is 0 Å². The summed E-state index contributed by atoms with van der Waals surface area (Å²) in [5, 5.41) is 9.85. The summed E-state index contributed by atoms with van der Waals surface area (Å²) in [6.07, 6.45) is 0.250. The standard InChI is InChI=1S/C17H15FN2O4/c1-9-19-14(15(21)12-8-20(2)17(23)16(12)22)13(24-9)7-10-3-5-11(18)6-4-10/h3-6,22H,7-8H2,1-2H3. The van der Waals surface area contributed by atoms with Gasteiger partial charge in [0.15, 0.2) is 17.3 Å². The number of rotatable bonds is 4. The molecule has 1 aliphatic heterocycles. The highest BCUT2D eigenvalue weighted by Crippen LogP contribution is 2.23. The van der Waals surface area contributed by atoms with E-state index in [1.807, 2.05) is 0 Å². The maximum absolute atomic E-state index is 13.0. The van der Waals surface area contributed by atoms with Crippen LogP contribution in [-0.2, 0) is 11.2 Å². The van der Waals surface area contributed by atoms with Crippen molar-refractivity contribution in [3.8, 4) is 0 Å². The van der Waals surface area contributed by atoms with Gasteiger partial charge in [0.25, 0.3) is 5.91 Å². The Morgan fingerprint density at radius 2 is 2.04 bits per heavy atom. The van der Waals surface area contributed by atoms with Crippen LogP contribution < -0.4 is 0 Å². The summed E-state index contributed by atoms with van der Waals surface area (Å²) >= 11 is 0. The van der Waals surface area contributed by atoms with Crippen LogP contribution in [0.1, 0.15) is 27.7 Å². The van der Waals surface area contributed by atoms with Gasteiger partial charge in [-0.1, -0.05) is 12.1 Å². The molecule has 2 heterocycles. The largest absolute Gasteiger partial charge is 0.503 e. The Morgan fingerprint density at radius 3 is 2.62 bits per heavy atom. The van der Waals surface area contributed by atoms with Crippen LogP contribution in [0.3, 0.4) is 0 Å². The molecule has 2 aromatic rings. The molecule has 1 amide bonds. The van der Waals surface area contributed by atoms with Crippen LogP contribution in [-0.4, -0.2) is 40.3 Å². The number of likely N-dealkylation sites (N-methyl/N-ethyl adjacent to an activating group) is 1. The van der Waals surface area contributed by atoms with Gasteiger partial charge in [0, 0.05) is 20.4 Å². The number of ketones is 1. The van der Waals surface area contributed by atoms with E-state index in [0.29, 0.717) is 11.7 Å². The van der Waals surface area contributed by atoms with Gasteiger partial charge in [0.1, 0.15) is 11.6 Å². The maximum atomic E-state index is 13.0. The molecule has 7 heteroatoms. The van der Waals surface area contributed by atoms with Crippen molar-refractivity contribution < 1.29 is 23.5 Å². The van der Waals surface area contributed by atoms with Crippen molar-refractivity contribution in [3.05, 3.63) is 64.3 Å². The molecule has 1 aliphatic rings. The van der Waals surface area contributed by atoms with Gasteiger partial charge in [0.05, 0.1) is 12.1 Å². The first-order valence-electron chi connectivity index (χ1n) is 7.30. The number of carbonyl (C=O) groups excluding carboxylic acids is 2. The Balaban J connectivity index is 1.93. The Bertz CT molecular complexity index is 852. The topological polar surface area (TPSA) is 83.6 Å². The van der Waals surface area contributed by atoms with Crippen LogP contribution in [0.15, 0.2) is 40.0 Å². The summed E-state index contributed by atoms with van der Waals surface area (Å²) in [6.45, 7) is 1.62. The molecule has 0 atom stereocenters. The van der Waals surface area contributed by atoms with Gasteiger partial charge in [-0.3, -0.25) is 9.59 Å². The Kier molecular flexibility index (Phi) is 3.92. The Hall–Kier alpha value is -2.96. The zero-order chi connectivity index (χ0) is 17.4. The summed E-state index contributed by atoms with van der Waals surface area (Å²) < 4.78 is 18.5. The molecular formula is C17H15FN2O4. The third-order valence-electron chi connectivity index (χ3n) is 3.80. The lowest BCUT2D eigenvalue weighted by Crippen LogP contribution is -2.22. The molecule has 3 rings (SSSR count). The molecule has 0 saturated heterocycles. The molecule has 6 nitrogen and oxygen atoms in total. The van der Waals surface area contributed by atoms with E-state index in [1.54, 1.807) is 19.1 Å². The Morgan fingerprint density at radius 1 is 1.38 bits per heavy atom. The lowest BCUT2D eigenvalue weighted by Gasteiger charge is -2.06. The highest BCUT2D eigenvalue weighted by Gasteiger charge is 2.34. The van der Waals surface area contributed by atoms with Crippen molar-refractivity contribution in [2.75, 3.05) is 13.6 Å². The van der Waals surface area contributed by atoms with Crippen LogP contribution in [0.4, 0.5) is 4.39 Å². The number of aromatic nitrogens is 1. The van der Waals surface area contributed by atoms with Crippen LogP contribution in [0, 0.1) is 12.7 Å². The first-order valence-corrected chi connectivity index (χ1v) is 7.30. The average molecular weight is 330 g/mol. The van der Waals surface area contributed by atoms with Crippen molar-refractivity contribution in [2.45, 2.75) is 13.3 Å². The number of hydrogen-bond donors (Lipinski definition) is 1. The molecule has 0 radical (unpaired) electrons. The SMILES string of the molecule is Cc1nc(C(=O)C2=C(O)C(=O)N(C)C2)c(Cc2ccc(F)cc2)o1. The number of amides is 1. The van der Waals surface area contributed by atoms with Crippen molar-refractivity contribution in [2.24, 2.45) is 0 Å². The van der Waals surface area contributed by atoms with Crippen LogP contribution in [0.5, 0.6) is 0 Å². The fourth-order valence-corrected chi connectivity index (χ4v) is 2.57. The van der Waals surface area contributed by atoms with Crippen LogP contribution >= 0.6 is 0 Å². The minimum Gasteiger partial charge on any atom is -0.503 e. The number of benzene rings is 1. The lowest BCUT2D eigenvalue weighted by molar-refractivity contribution is -0.126. The average Bonchev–Trinajstić information content (AvgIpc) is 3.04. The van der Waals surface area contributed by atoms with Crippen molar-refractivity contribution in [1.29, 1.82) is 0 Å². The first-order chi connectivity index (χ1) is 11.4. The van der Waals surface area contributed by atoms with E-state index in [0.717, 1.165) is 5.56 Å². The molecular weight excluding hydrogens is 315 g/mol. The zero-order valence-corrected chi connectivity index (χ0v) is 13.2. The second-order valence-electron chi connectivity index (χ2n) is 5.63. The predicted octanol–water partition coefficient (Wildman–Crippen LogP) is 2.18. The van der Waals surface area contributed by atoms with E-state index in [4.69, 9.17) is 4.42 Å². The normalized spacial score (nSPS) is 14.6. The zero-order valence-electron chi connectivity index (χ0n) is 13.2. The number of aliphatic hydroxyl groups is 1. The number of aryl methyl sites for hydroxylation is 1. The van der Waals surface area contributed by atoms with Crippen molar-refractivity contribution >= 4 is 11.7 Å². The third kappa shape index (κ3) is 2.80. The van der Waals surface area contributed by atoms with E-state index in [1.165, 1.54) is 24.1 Å². The minimum absolute atomic E-state index is 0.00356. The summed E-state index contributed by atoms with van der Waals surface area (Å²) in [6, 6.07) is 5.81. The van der Waals surface area contributed by atoms with Crippen LogP contribution in [0.2, 0.25) is 0 Å². The second kappa shape index (κ2) is 5.92. The highest BCUT2D eigenvalue weighted by atomic mass is 19.1. The van der Waals surface area contributed by atoms with Gasteiger partial charge in [-0.2, -0.15) is 0 Å². The van der Waals surface area contributed by atoms with Crippen molar-refractivity contribution in [1.82, 2.24) is 9.88 Å². The Labute approximate surface area is 137 Å². The molecule has 1 aromatic carbocycles. The molecule has 0 unspecified atom stereocenters. The molecule has 1 aromatic heterocycles. The van der Waals surface area contributed by atoms with E-state index < -0.39 is 17.4 Å². The number of oxazole rings is 1. The van der Waals surface area contributed by atoms with Gasteiger partial charge < -0.3 is 14.4 Å². The molecule has 0 aliphatic carbocycles. The summed E-state index contributed by atoms with van der Waals surface area (Å²) in [5.41, 5.74) is 0.803.